The number of aryl methyl sites for hydroxylation is 1. The summed E-state index contributed by atoms with van der Waals surface area (Å²) in [5.74, 6) is 0.155. The molecular weight excluding hydrogens is 252 g/mol. The zero-order valence-electron chi connectivity index (χ0n) is 10.5. The lowest BCUT2D eigenvalue weighted by Crippen LogP contribution is -2.10. The minimum Gasteiger partial charge on any atom is -0.433 e. The number of rotatable bonds is 6. The Morgan fingerprint density at radius 2 is 2.11 bits per heavy atom. The predicted octanol–water partition coefficient (Wildman–Crippen LogP) is 2.68. The van der Waals surface area contributed by atoms with E-state index < -0.39 is 6.61 Å². The molecule has 0 radical (unpaired) electrons. The van der Waals surface area contributed by atoms with Crippen molar-refractivity contribution >= 4 is 5.69 Å². The Morgan fingerprint density at radius 3 is 2.79 bits per heavy atom. The Balaban J connectivity index is 1.94. The number of alkyl halides is 2. The van der Waals surface area contributed by atoms with Crippen LogP contribution in [0.15, 0.2) is 36.5 Å². The molecule has 0 bridgehead atoms. The van der Waals surface area contributed by atoms with Crippen LogP contribution in [-0.4, -0.2) is 22.9 Å². The summed E-state index contributed by atoms with van der Waals surface area (Å²) in [5, 5.41) is 7.15. The average Bonchev–Trinajstić information content (AvgIpc) is 2.77. The lowest BCUT2D eigenvalue weighted by atomic mass is 10.2. The fraction of sp³-hybridized carbons (Fsp3) is 0.308. The van der Waals surface area contributed by atoms with Crippen molar-refractivity contribution in [2.45, 2.75) is 13.0 Å². The monoisotopic (exact) mass is 267 g/mol. The number of nitrogens with one attached hydrogen (secondary N) is 1. The smallest absolute Gasteiger partial charge is 0.387 e. The maximum Gasteiger partial charge on any atom is 0.387 e. The summed E-state index contributed by atoms with van der Waals surface area (Å²) in [5.41, 5.74) is 1.63. The van der Waals surface area contributed by atoms with Crippen LogP contribution in [0.25, 0.3) is 0 Å². The molecule has 1 N–H and O–H groups in total. The second-order valence-corrected chi connectivity index (χ2v) is 4.00. The third-order valence-electron chi connectivity index (χ3n) is 2.72. The first-order valence-corrected chi connectivity index (χ1v) is 5.91. The number of anilines is 1. The molecule has 0 unspecified atom stereocenters. The molecule has 0 amide bonds. The molecule has 6 heteroatoms. The van der Waals surface area contributed by atoms with Crippen molar-refractivity contribution in [2.24, 2.45) is 7.05 Å². The van der Waals surface area contributed by atoms with Crippen LogP contribution in [0.4, 0.5) is 14.5 Å². The molecule has 0 atom stereocenters. The Labute approximate surface area is 110 Å². The molecule has 1 aromatic carbocycles. The summed E-state index contributed by atoms with van der Waals surface area (Å²) in [6.45, 7) is -2.21. The van der Waals surface area contributed by atoms with Gasteiger partial charge in [0.2, 0.25) is 0 Å². The number of nitrogens with zero attached hydrogens (tertiary/aromatic N) is 2. The quantitative estimate of drug-likeness (QED) is 0.874. The topological polar surface area (TPSA) is 39.1 Å². The van der Waals surface area contributed by atoms with Crippen LogP contribution in [0, 0.1) is 0 Å². The molecule has 4 nitrogen and oxygen atoms in total. The highest BCUT2D eigenvalue weighted by molar-refractivity contribution is 5.56. The van der Waals surface area contributed by atoms with E-state index in [9.17, 15) is 8.78 Å². The van der Waals surface area contributed by atoms with Crippen molar-refractivity contribution in [1.82, 2.24) is 9.78 Å². The van der Waals surface area contributed by atoms with Gasteiger partial charge in [-0.05, 0) is 18.2 Å². The third-order valence-corrected chi connectivity index (χ3v) is 2.72. The van der Waals surface area contributed by atoms with Crippen molar-refractivity contribution in [1.29, 1.82) is 0 Å². The number of aromatic nitrogens is 2. The van der Waals surface area contributed by atoms with Gasteiger partial charge in [0.25, 0.3) is 0 Å². The molecule has 19 heavy (non-hydrogen) atoms. The lowest BCUT2D eigenvalue weighted by Gasteiger charge is -2.12. The standard InChI is InChI=1S/C13H15F2N3O/c1-18-10(7-9-17-18)6-8-16-11-4-2-3-5-12(11)19-13(14)15/h2-5,7,9,13,16H,6,8H2,1H3. The van der Waals surface area contributed by atoms with E-state index in [4.69, 9.17) is 0 Å². The van der Waals surface area contributed by atoms with E-state index in [1.54, 1.807) is 29.1 Å². The maximum atomic E-state index is 12.2. The Kier molecular flexibility index (Phi) is 4.33. The summed E-state index contributed by atoms with van der Waals surface area (Å²) in [7, 11) is 1.86. The lowest BCUT2D eigenvalue weighted by molar-refractivity contribution is -0.0493. The minimum absolute atomic E-state index is 0.155. The van der Waals surface area contributed by atoms with Gasteiger partial charge in [0.05, 0.1) is 5.69 Å². The minimum atomic E-state index is -2.82. The summed E-state index contributed by atoms with van der Waals surface area (Å²) in [6.07, 6.45) is 2.47. The first-order chi connectivity index (χ1) is 9.16. The van der Waals surface area contributed by atoms with Crippen molar-refractivity contribution in [2.75, 3.05) is 11.9 Å². The van der Waals surface area contributed by atoms with Crippen LogP contribution in [0.3, 0.4) is 0 Å². The van der Waals surface area contributed by atoms with Crippen LogP contribution >= 0.6 is 0 Å². The highest BCUT2D eigenvalue weighted by atomic mass is 19.3. The molecule has 2 aromatic rings. The van der Waals surface area contributed by atoms with Crippen LogP contribution in [0.1, 0.15) is 5.69 Å². The Morgan fingerprint density at radius 1 is 1.32 bits per heavy atom. The molecule has 0 aliphatic rings. The Hall–Kier alpha value is -2.11. The second kappa shape index (κ2) is 6.17. The van der Waals surface area contributed by atoms with Gasteiger partial charge in [-0.3, -0.25) is 4.68 Å². The van der Waals surface area contributed by atoms with Crippen LogP contribution in [-0.2, 0) is 13.5 Å². The summed E-state index contributed by atoms with van der Waals surface area (Å²) in [4.78, 5) is 0. The van der Waals surface area contributed by atoms with Crippen molar-refractivity contribution in [3.05, 3.63) is 42.2 Å². The van der Waals surface area contributed by atoms with E-state index in [0.29, 0.717) is 12.2 Å². The maximum absolute atomic E-state index is 12.2. The summed E-state index contributed by atoms with van der Waals surface area (Å²) >= 11 is 0. The normalized spacial score (nSPS) is 10.7. The fourth-order valence-electron chi connectivity index (χ4n) is 1.78. The van der Waals surface area contributed by atoms with Crippen molar-refractivity contribution in [3.8, 4) is 5.75 Å². The van der Waals surface area contributed by atoms with Gasteiger partial charge in [0, 0.05) is 31.9 Å². The van der Waals surface area contributed by atoms with Crippen molar-refractivity contribution in [3.63, 3.8) is 0 Å². The highest BCUT2D eigenvalue weighted by Crippen LogP contribution is 2.25. The number of hydrogen-bond donors (Lipinski definition) is 1. The first kappa shape index (κ1) is 13.3. The van der Waals surface area contributed by atoms with Crippen LogP contribution in [0.5, 0.6) is 5.75 Å². The second-order valence-electron chi connectivity index (χ2n) is 4.00. The summed E-state index contributed by atoms with van der Waals surface area (Å²) < 4.78 is 30.7. The van der Waals surface area contributed by atoms with Gasteiger partial charge in [-0.1, -0.05) is 12.1 Å². The van der Waals surface area contributed by atoms with E-state index in [0.717, 1.165) is 12.1 Å². The molecule has 1 aromatic heterocycles. The zero-order chi connectivity index (χ0) is 13.7. The van der Waals surface area contributed by atoms with Gasteiger partial charge in [0.15, 0.2) is 0 Å². The number of benzene rings is 1. The largest absolute Gasteiger partial charge is 0.433 e. The molecule has 1 heterocycles. The SMILES string of the molecule is Cn1nccc1CCNc1ccccc1OC(F)F. The van der Waals surface area contributed by atoms with E-state index in [-0.39, 0.29) is 5.75 Å². The number of ether oxygens (including phenoxy) is 1. The fourth-order valence-corrected chi connectivity index (χ4v) is 1.78. The number of para-hydroxylation sites is 2. The average molecular weight is 267 g/mol. The molecular formula is C13H15F2N3O. The van der Waals surface area contributed by atoms with E-state index in [2.05, 4.69) is 15.2 Å². The van der Waals surface area contributed by atoms with Gasteiger partial charge in [-0.15, -0.1) is 0 Å². The molecule has 0 spiro atoms. The molecule has 0 fully saturated rings. The van der Waals surface area contributed by atoms with Crippen LogP contribution in [0.2, 0.25) is 0 Å². The van der Waals surface area contributed by atoms with Gasteiger partial charge in [-0.2, -0.15) is 13.9 Å². The predicted molar refractivity (Wildman–Crippen MR) is 68.5 cm³/mol. The molecule has 2 rings (SSSR count). The van der Waals surface area contributed by atoms with Gasteiger partial charge in [0.1, 0.15) is 5.75 Å². The zero-order valence-corrected chi connectivity index (χ0v) is 10.5. The number of halogens is 2. The molecule has 0 saturated heterocycles. The van der Waals surface area contributed by atoms with Gasteiger partial charge >= 0.3 is 6.61 Å². The molecule has 0 aliphatic heterocycles. The summed E-state index contributed by atoms with van der Waals surface area (Å²) in [6, 6.07) is 8.57. The molecule has 0 saturated carbocycles. The van der Waals surface area contributed by atoms with Gasteiger partial charge in [-0.25, -0.2) is 0 Å². The third kappa shape index (κ3) is 3.67. The first-order valence-electron chi connectivity index (χ1n) is 5.91. The molecule has 102 valence electrons. The van der Waals surface area contributed by atoms with Crippen molar-refractivity contribution < 1.29 is 13.5 Å². The van der Waals surface area contributed by atoms with Gasteiger partial charge < -0.3 is 10.1 Å². The van der Waals surface area contributed by atoms with E-state index >= 15 is 0 Å². The number of hydrogen-bond acceptors (Lipinski definition) is 3. The van der Waals surface area contributed by atoms with Crippen LogP contribution < -0.4 is 10.1 Å². The van der Waals surface area contributed by atoms with E-state index in [1.165, 1.54) is 6.07 Å². The highest BCUT2D eigenvalue weighted by Gasteiger charge is 2.08. The Bertz CT molecular complexity index is 528. The molecule has 0 aliphatic carbocycles. The van der Waals surface area contributed by atoms with E-state index in [1.807, 2.05) is 13.1 Å².